The zero-order chi connectivity index (χ0) is 47.3. The molecule has 0 spiro atoms. The van der Waals surface area contributed by atoms with Crippen LogP contribution in [0.2, 0.25) is 0 Å². The van der Waals surface area contributed by atoms with Crippen LogP contribution in [0.4, 0.5) is 34.1 Å². The Bertz CT molecular complexity index is 3280. The quantitative estimate of drug-likeness (QED) is 0.164. The van der Waals surface area contributed by atoms with Gasteiger partial charge in [-0.3, -0.25) is 0 Å². The number of anilines is 6. The Balaban J connectivity index is 1.30. The Labute approximate surface area is 400 Å². The lowest BCUT2D eigenvalue weighted by atomic mass is 9.34. The molecule has 3 aliphatic rings. The van der Waals surface area contributed by atoms with Gasteiger partial charge in [-0.2, -0.15) is 0 Å². The highest BCUT2D eigenvalue weighted by Crippen LogP contribution is 2.53. The summed E-state index contributed by atoms with van der Waals surface area (Å²) in [6.45, 7) is 32.6. The Morgan fingerprint density at radius 1 is 0.418 bits per heavy atom. The van der Waals surface area contributed by atoms with E-state index in [2.05, 4.69) is 257 Å². The number of nitrogens with zero attached hydrogens (tertiary/aromatic N) is 3. The van der Waals surface area contributed by atoms with E-state index in [0.717, 1.165) is 0 Å². The summed E-state index contributed by atoms with van der Waals surface area (Å²) in [5, 5.41) is 1.27. The van der Waals surface area contributed by atoms with Crippen LogP contribution in [0.3, 0.4) is 0 Å². The molecular formula is C63H66BN3. The van der Waals surface area contributed by atoms with Crippen LogP contribution in [-0.2, 0) is 27.1 Å². The maximum Gasteiger partial charge on any atom is 0.273 e. The van der Waals surface area contributed by atoms with Gasteiger partial charge in [0.05, 0.1) is 11.2 Å². The van der Waals surface area contributed by atoms with E-state index < -0.39 is 0 Å². The summed E-state index contributed by atoms with van der Waals surface area (Å²) in [6.07, 6.45) is 0. The molecule has 8 aromatic rings. The first-order valence-corrected chi connectivity index (χ1v) is 24.6. The van der Waals surface area contributed by atoms with Crippen LogP contribution in [0.25, 0.3) is 27.7 Å². The fourth-order valence-electron chi connectivity index (χ4n) is 11.5. The lowest BCUT2D eigenvalue weighted by molar-refractivity contribution is 0.590. The molecular weight excluding hydrogens is 810 g/mol. The van der Waals surface area contributed by atoms with Gasteiger partial charge in [0.1, 0.15) is 0 Å². The highest BCUT2D eigenvalue weighted by Gasteiger charge is 2.48. The fraction of sp³-hybridized carbons (Fsp3) is 0.302. The molecule has 0 unspecified atom stereocenters. The monoisotopic (exact) mass is 876 g/mol. The number of aromatic nitrogens is 1. The van der Waals surface area contributed by atoms with Gasteiger partial charge in [0.25, 0.3) is 6.71 Å². The molecule has 0 bridgehead atoms. The molecule has 0 fully saturated rings. The molecule has 0 saturated carbocycles. The van der Waals surface area contributed by atoms with Crippen molar-refractivity contribution in [2.45, 2.75) is 124 Å². The van der Waals surface area contributed by atoms with Crippen molar-refractivity contribution in [3.63, 3.8) is 0 Å². The molecule has 11 rings (SSSR count). The Morgan fingerprint density at radius 2 is 0.910 bits per heavy atom. The summed E-state index contributed by atoms with van der Waals surface area (Å²) in [7, 11) is 0. The van der Waals surface area contributed by atoms with Crippen LogP contribution in [0.1, 0.15) is 130 Å². The van der Waals surface area contributed by atoms with E-state index in [1.54, 1.807) is 0 Å². The van der Waals surface area contributed by atoms with Gasteiger partial charge in [-0.05, 0) is 144 Å². The van der Waals surface area contributed by atoms with Crippen molar-refractivity contribution in [1.82, 2.24) is 4.57 Å². The number of rotatable bonds is 3. The molecule has 0 N–H and O–H groups in total. The molecule has 1 aliphatic carbocycles. The molecule has 0 atom stereocenters. The highest BCUT2D eigenvalue weighted by atomic mass is 15.2. The van der Waals surface area contributed by atoms with Crippen molar-refractivity contribution in [1.29, 1.82) is 0 Å². The minimum Gasteiger partial charge on any atom is -0.319 e. The van der Waals surface area contributed by atoms with Gasteiger partial charge >= 0.3 is 0 Å². The maximum absolute atomic E-state index is 2.67. The number of fused-ring (bicyclic) bond motifs is 9. The topological polar surface area (TPSA) is 11.4 Å². The molecule has 3 nitrogen and oxygen atoms in total. The van der Waals surface area contributed by atoms with Gasteiger partial charge in [-0.1, -0.05) is 176 Å². The van der Waals surface area contributed by atoms with Gasteiger partial charge < -0.3 is 14.4 Å². The van der Waals surface area contributed by atoms with Crippen LogP contribution in [0, 0.1) is 0 Å². The van der Waals surface area contributed by atoms with Crippen molar-refractivity contribution >= 4 is 68.3 Å². The van der Waals surface area contributed by atoms with E-state index in [4.69, 9.17) is 0 Å². The van der Waals surface area contributed by atoms with Gasteiger partial charge in [-0.15, -0.1) is 0 Å². The van der Waals surface area contributed by atoms with E-state index in [1.807, 2.05) is 0 Å². The van der Waals surface area contributed by atoms with Crippen molar-refractivity contribution in [2.24, 2.45) is 0 Å². The number of hydrogen-bond acceptors (Lipinski definition) is 2. The molecule has 0 radical (unpaired) electrons. The predicted octanol–water partition coefficient (Wildman–Crippen LogP) is 15.2. The SMILES string of the molecule is CC(C)(C)c1ccc(N2c3ccc(C(C)(C)C)cc3B3c4c2cccc4N(c2ccc(C(C)(C)C)cc2)c2c3n(-c3ccc(C(C)(C)C)cc3)c3cc4c(cc23)-c2ccccc2C4(C)C)cc1. The Kier molecular flexibility index (Phi) is 9.30. The normalized spacial score (nSPS) is 15.0. The molecule has 1 aromatic heterocycles. The van der Waals surface area contributed by atoms with Crippen LogP contribution in [-0.4, -0.2) is 11.3 Å². The van der Waals surface area contributed by atoms with Crippen LogP contribution >= 0.6 is 0 Å². The highest BCUT2D eigenvalue weighted by molar-refractivity contribution is 7.00. The van der Waals surface area contributed by atoms with E-state index in [9.17, 15) is 0 Å². The summed E-state index contributed by atoms with van der Waals surface area (Å²) < 4.78 is 2.67. The zero-order valence-corrected chi connectivity index (χ0v) is 42.3. The molecule has 0 amide bonds. The zero-order valence-electron chi connectivity index (χ0n) is 42.3. The molecule has 0 saturated heterocycles. The van der Waals surface area contributed by atoms with Crippen LogP contribution < -0.4 is 26.3 Å². The molecule has 336 valence electrons. The molecule has 67 heavy (non-hydrogen) atoms. The second-order valence-corrected chi connectivity index (χ2v) is 24.4. The summed E-state index contributed by atoms with van der Waals surface area (Å²) >= 11 is 0. The number of hydrogen-bond donors (Lipinski definition) is 0. The largest absolute Gasteiger partial charge is 0.319 e. The summed E-state index contributed by atoms with van der Waals surface area (Å²) in [5.41, 5.74) is 24.4. The summed E-state index contributed by atoms with van der Waals surface area (Å²) in [4.78, 5) is 5.17. The smallest absolute Gasteiger partial charge is 0.273 e. The first kappa shape index (κ1) is 43.3. The van der Waals surface area contributed by atoms with E-state index in [0.29, 0.717) is 0 Å². The molecule has 2 aliphatic heterocycles. The fourth-order valence-corrected chi connectivity index (χ4v) is 11.5. The minimum absolute atomic E-state index is 0.0239. The Hall–Kier alpha value is -6.26. The van der Waals surface area contributed by atoms with E-state index in [-0.39, 0.29) is 33.8 Å². The average Bonchev–Trinajstić information content (AvgIpc) is 3.72. The minimum atomic E-state index is -0.160. The van der Waals surface area contributed by atoms with Crippen molar-refractivity contribution < 1.29 is 0 Å². The van der Waals surface area contributed by atoms with Crippen LogP contribution in [0.15, 0.2) is 146 Å². The average molecular weight is 876 g/mol. The molecule has 7 aromatic carbocycles. The van der Waals surface area contributed by atoms with Gasteiger partial charge in [0, 0.05) is 50.5 Å². The second-order valence-electron chi connectivity index (χ2n) is 24.4. The molecule has 4 heteroatoms. The summed E-state index contributed by atoms with van der Waals surface area (Å²) in [5.74, 6) is 0. The first-order chi connectivity index (χ1) is 31.5. The third kappa shape index (κ3) is 6.60. The Morgan fingerprint density at radius 3 is 1.46 bits per heavy atom. The lowest BCUT2D eigenvalue weighted by Crippen LogP contribution is -2.63. The van der Waals surface area contributed by atoms with Crippen molar-refractivity contribution in [3.8, 4) is 16.8 Å². The van der Waals surface area contributed by atoms with Gasteiger partial charge in [-0.25, -0.2) is 0 Å². The third-order valence-corrected chi connectivity index (χ3v) is 15.4. The predicted molar refractivity (Wildman–Crippen MR) is 290 cm³/mol. The molecule has 3 heterocycles. The maximum atomic E-state index is 2.67. The van der Waals surface area contributed by atoms with Crippen molar-refractivity contribution in [2.75, 3.05) is 9.80 Å². The first-order valence-electron chi connectivity index (χ1n) is 24.6. The lowest BCUT2D eigenvalue weighted by Gasteiger charge is -2.44. The van der Waals surface area contributed by atoms with Gasteiger partial charge in [0.2, 0.25) is 0 Å². The van der Waals surface area contributed by atoms with Crippen molar-refractivity contribution in [3.05, 3.63) is 179 Å². The van der Waals surface area contributed by atoms with E-state index in [1.165, 1.54) is 112 Å². The van der Waals surface area contributed by atoms with E-state index >= 15 is 0 Å². The standard InChI is InChI=1S/C63H66BN3/c1-59(2,3)39-22-29-43(30-23-39)65-52-35-28-42(62(10,11)12)36-51(52)64-56-53(65)20-17-21-54(56)66(44-31-24-40(25-32-44)60(4,5)6)57-48-37-47-46-18-15-16-19-49(46)63(13,14)50(47)38-55(48)67(58(57)64)45-33-26-41(27-34-45)61(7,8)9/h15-38H,1-14H3. The number of benzene rings is 7. The second kappa shape index (κ2) is 14.4. The van der Waals surface area contributed by atoms with Gasteiger partial charge in [0.15, 0.2) is 0 Å². The van der Waals surface area contributed by atoms with Crippen LogP contribution in [0.5, 0.6) is 0 Å². The third-order valence-electron chi connectivity index (χ3n) is 15.4. The summed E-state index contributed by atoms with van der Waals surface area (Å²) in [6, 6.07) is 56.9.